The quantitative estimate of drug-likeness (QED) is 0.273. The Morgan fingerprint density at radius 2 is 1.71 bits per heavy atom. The minimum Gasteiger partial charge on any atom is -0.477 e. The van der Waals surface area contributed by atoms with E-state index in [-0.39, 0.29) is 29.4 Å². The van der Waals surface area contributed by atoms with Crippen LogP contribution in [0.3, 0.4) is 0 Å². The number of aryl methyl sites for hydroxylation is 1. The number of amides is 3. The molecule has 48 heavy (non-hydrogen) atoms. The van der Waals surface area contributed by atoms with Crippen LogP contribution in [0.25, 0.3) is 10.9 Å². The van der Waals surface area contributed by atoms with Gasteiger partial charge in [0, 0.05) is 29.4 Å². The number of likely N-dealkylation sites (tertiary alicyclic amines) is 1. The number of aromatic carboxylic acids is 1. The molecule has 2 saturated carbocycles. The third-order valence-corrected chi connectivity index (χ3v) is 11.5. The highest BCUT2D eigenvalue weighted by Crippen LogP contribution is 2.56. The Bertz CT molecular complexity index is 1520. The first-order valence-corrected chi connectivity index (χ1v) is 17.7. The average Bonchev–Trinajstić information content (AvgIpc) is 3.56. The molecule has 5 rings (SSSR count). The van der Waals surface area contributed by atoms with Gasteiger partial charge >= 0.3 is 12.1 Å². The number of para-hydroxylation sites is 1. The summed E-state index contributed by atoms with van der Waals surface area (Å²) in [6.07, 6.45) is 7.14. The van der Waals surface area contributed by atoms with Gasteiger partial charge in [-0.25, -0.2) is 14.0 Å². The SMILES string of the molecule is CC[C@@]1(C(N)=O)[C@H](C2CCCCC2)CC(c2c(C(=O)O)n(C)c3ccccc23)N1C(=O)[C@H]1CC[C@H](C(CF)NC(=O)OC(C)(C)C)CC1. The van der Waals surface area contributed by atoms with Crippen LogP contribution in [0.15, 0.2) is 24.3 Å². The Morgan fingerprint density at radius 3 is 2.27 bits per heavy atom. The summed E-state index contributed by atoms with van der Waals surface area (Å²) in [5.41, 5.74) is 5.80. The van der Waals surface area contributed by atoms with E-state index in [1.165, 1.54) is 0 Å². The van der Waals surface area contributed by atoms with Crippen LogP contribution in [0.1, 0.15) is 120 Å². The summed E-state index contributed by atoms with van der Waals surface area (Å²) in [4.78, 5) is 55.9. The number of carbonyl (C=O) groups is 4. The van der Waals surface area contributed by atoms with Crippen LogP contribution in [0, 0.1) is 23.7 Å². The fourth-order valence-corrected chi connectivity index (χ4v) is 9.35. The second-order valence-corrected chi connectivity index (χ2v) is 15.3. The van der Waals surface area contributed by atoms with Crippen molar-refractivity contribution in [3.8, 4) is 0 Å². The Morgan fingerprint density at radius 1 is 1.06 bits per heavy atom. The molecular weight excluding hydrogens is 615 g/mol. The molecule has 4 atom stereocenters. The smallest absolute Gasteiger partial charge is 0.407 e. The number of hydrogen-bond acceptors (Lipinski definition) is 5. The van der Waals surface area contributed by atoms with Gasteiger partial charge in [-0.2, -0.15) is 0 Å². The maximum Gasteiger partial charge on any atom is 0.407 e. The van der Waals surface area contributed by atoms with Crippen molar-refractivity contribution < 1.29 is 33.4 Å². The number of primary amides is 1. The molecule has 0 spiro atoms. The van der Waals surface area contributed by atoms with Crippen molar-refractivity contribution in [3.63, 3.8) is 0 Å². The molecule has 3 aliphatic rings. The number of alkyl carbamates (subject to hydrolysis) is 1. The Balaban J connectivity index is 1.52. The number of fused-ring (bicyclic) bond motifs is 1. The van der Waals surface area contributed by atoms with Crippen molar-refractivity contribution in [1.82, 2.24) is 14.8 Å². The van der Waals surface area contributed by atoms with E-state index in [0.717, 1.165) is 43.0 Å². The third kappa shape index (κ3) is 6.53. The molecule has 2 aliphatic carbocycles. The molecule has 1 aliphatic heterocycles. The van der Waals surface area contributed by atoms with Gasteiger partial charge in [-0.3, -0.25) is 9.59 Å². The number of ether oxygens (including phenoxy) is 1. The molecule has 264 valence electrons. The van der Waals surface area contributed by atoms with E-state index in [9.17, 15) is 28.7 Å². The molecule has 2 aromatic rings. The number of aromatic nitrogens is 1. The molecular formula is C37H53FN4O6. The number of carboxylic acids is 1. The maximum atomic E-state index is 15.0. The molecule has 1 saturated heterocycles. The van der Waals surface area contributed by atoms with Gasteiger partial charge < -0.3 is 30.4 Å². The van der Waals surface area contributed by atoms with Crippen molar-refractivity contribution in [2.75, 3.05) is 6.67 Å². The Labute approximate surface area is 282 Å². The van der Waals surface area contributed by atoms with Crippen molar-refractivity contribution >= 4 is 34.8 Å². The first-order valence-electron chi connectivity index (χ1n) is 17.7. The number of carboxylic acid groups (broad SMARTS) is 1. The van der Waals surface area contributed by atoms with E-state index in [0.29, 0.717) is 44.1 Å². The fraction of sp³-hybridized carbons (Fsp3) is 0.676. The number of benzene rings is 1. The lowest BCUT2D eigenvalue weighted by molar-refractivity contribution is -0.153. The minimum absolute atomic E-state index is 0.112. The van der Waals surface area contributed by atoms with Gasteiger partial charge in [0.1, 0.15) is 23.5 Å². The van der Waals surface area contributed by atoms with Gasteiger partial charge in [0.25, 0.3) is 0 Å². The third-order valence-electron chi connectivity index (χ3n) is 11.5. The van der Waals surface area contributed by atoms with Crippen LogP contribution in [0.4, 0.5) is 9.18 Å². The lowest BCUT2D eigenvalue weighted by Gasteiger charge is -2.46. The number of rotatable bonds is 9. The summed E-state index contributed by atoms with van der Waals surface area (Å²) in [5, 5.41) is 14.0. The standard InChI is InChI=1S/C37H53FN4O6/c1-6-37(34(39)46)26(22-12-8-7-9-13-22)20-29(30-25-14-10-11-15-28(25)41(5)31(30)33(44)45)42(37)32(43)24-18-16-23(17-19-24)27(21-38)40-35(47)48-36(2,3)4/h10-11,14-15,22-24,26-27,29H,6-9,12-13,16-21H2,1-5H3,(H2,39,46)(H,40,47)(H,44,45)/t23-,24-,26-,27?,29?,37-/m0/s1. The highest BCUT2D eigenvalue weighted by Gasteiger charge is 2.61. The molecule has 2 heterocycles. The van der Waals surface area contributed by atoms with Crippen molar-refractivity contribution in [2.45, 2.75) is 122 Å². The lowest BCUT2D eigenvalue weighted by Crippen LogP contribution is -2.61. The Kier molecular flexibility index (Phi) is 10.5. The first-order chi connectivity index (χ1) is 22.7. The zero-order valence-corrected chi connectivity index (χ0v) is 29.1. The molecule has 0 bridgehead atoms. The van der Waals surface area contributed by atoms with Crippen LogP contribution in [-0.2, 0) is 21.4 Å². The molecule has 1 aromatic carbocycles. The van der Waals surface area contributed by atoms with Gasteiger partial charge in [-0.1, -0.05) is 57.2 Å². The summed E-state index contributed by atoms with van der Waals surface area (Å²) < 4.78 is 21.2. The van der Waals surface area contributed by atoms with Crippen LogP contribution < -0.4 is 11.1 Å². The van der Waals surface area contributed by atoms with E-state index in [2.05, 4.69) is 5.32 Å². The topological polar surface area (TPSA) is 144 Å². The summed E-state index contributed by atoms with van der Waals surface area (Å²) >= 11 is 0. The zero-order chi connectivity index (χ0) is 35.0. The molecule has 11 heteroatoms. The molecule has 4 N–H and O–H groups in total. The van der Waals surface area contributed by atoms with Crippen LogP contribution in [0.2, 0.25) is 0 Å². The number of nitrogens with zero attached hydrogens (tertiary/aromatic N) is 2. The predicted octanol–water partition coefficient (Wildman–Crippen LogP) is 6.65. The van der Waals surface area contributed by atoms with Crippen molar-refractivity contribution in [2.24, 2.45) is 36.5 Å². The molecule has 3 amide bonds. The van der Waals surface area contributed by atoms with Gasteiger partial charge in [-0.05, 0) is 83.1 Å². The summed E-state index contributed by atoms with van der Waals surface area (Å²) in [6.45, 7) is 6.41. The zero-order valence-electron chi connectivity index (χ0n) is 29.1. The minimum atomic E-state index is -1.27. The second-order valence-electron chi connectivity index (χ2n) is 15.3. The second kappa shape index (κ2) is 14.1. The summed E-state index contributed by atoms with van der Waals surface area (Å²) in [5.74, 6) is -2.48. The monoisotopic (exact) mass is 668 g/mol. The van der Waals surface area contributed by atoms with E-state index < -0.39 is 53.8 Å². The first kappa shape index (κ1) is 35.7. The lowest BCUT2D eigenvalue weighted by atomic mass is 9.68. The van der Waals surface area contributed by atoms with Crippen molar-refractivity contribution in [1.29, 1.82) is 0 Å². The summed E-state index contributed by atoms with van der Waals surface area (Å²) in [6, 6.07) is 6.11. The van der Waals surface area contributed by atoms with E-state index in [4.69, 9.17) is 10.5 Å². The number of alkyl halides is 1. The van der Waals surface area contributed by atoms with Gasteiger partial charge in [0.05, 0.1) is 12.1 Å². The van der Waals surface area contributed by atoms with E-state index >= 15 is 0 Å². The molecule has 10 nitrogen and oxygen atoms in total. The number of halogens is 1. The predicted molar refractivity (Wildman–Crippen MR) is 181 cm³/mol. The molecule has 1 aromatic heterocycles. The van der Waals surface area contributed by atoms with Crippen LogP contribution in [-0.4, -0.2) is 62.3 Å². The van der Waals surface area contributed by atoms with Crippen LogP contribution in [0.5, 0.6) is 0 Å². The fourth-order valence-electron chi connectivity index (χ4n) is 9.35. The Hall–Kier alpha value is -3.63. The highest BCUT2D eigenvalue weighted by molar-refractivity contribution is 6.00. The average molecular weight is 669 g/mol. The molecule has 0 radical (unpaired) electrons. The normalized spacial score (nSPS) is 27.5. The molecule has 2 unspecified atom stereocenters. The largest absolute Gasteiger partial charge is 0.477 e. The number of nitrogens with two attached hydrogens (primary N) is 1. The van der Waals surface area contributed by atoms with E-state index in [1.807, 2.05) is 31.2 Å². The van der Waals surface area contributed by atoms with Gasteiger partial charge in [0.2, 0.25) is 11.8 Å². The number of hydrogen-bond donors (Lipinski definition) is 3. The van der Waals surface area contributed by atoms with Gasteiger partial charge in [0.15, 0.2) is 0 Å². The number of nitrogens with one attached hydrogen (secondary N) is 1. The van der Waals surface area contributed by atoms with Crippen molar-refractivity contribution in [3.05, 3.63) is 35.5 Å². The van der Waals surface area contributed by atoms with E-state index in [1.54, 1.807) is 37.3 Å². The number of carbonyl (C=O) groups excluding carboxylic acids is 3. The molecule has 3 fully saturated rings. The van der Waals surface area contributed by atoms with Gasteiger partial charge in [-0.15, -0.1) is 0 Å². The summed E-state index contributed by atoms with van der Waals surface area (Å²) in [7, 11) is 1.73. The highest BCUT2D eigenvalue weighted by atomic mass is 19.1. The van der Waals surface area contributed by atoms with Crippen LogP contribution >= 0.6 is 0 Å². The maximum absolute atomic E-state index is 15.0.